The van der Waals surface area contributed by atoms with Crippen molar-refractivity contribution in [3.63, 3.8) is 0 Å². The summed E-state index contributed by atoms with van der Waals surface area (Å²) in [5, 5.41) is 3.50. The molecule has 2 rings (SSSR count). The molecule has 0 amide bonds. The van der Waals surface area contributed by atoms with Crippen LogP contribution in [-0.2, 0) is 6.18 Å². The van der Waals surface area contributed by atoms with Gasteiger partial charge in [0, 0.05) is 5.02 Å². The predicted molar refractivity (Wildman–Crippen MR) is 78.5 cm³/mol. The van der Waals surface area contributed by atoms with Crippen molar-refractivity contribution < 1.29 is 13.2 Å². The van der Waals surface area contributed by atoms with Gasteiger partial charge in [-0.05, 0) is 42.8 Å². The Labute approximate surface area is 126 Å². The van der Waals surface area contributed by atoms with Gasteiger partial charge in [0.25, 0.3) is 0 Å². The van der Waals surface area contributed by atoms with E-state index < -0.39 is 17.8 Å². The number of nitrogens with one attached hydrogen (secondary N) is 1. The summed E-state index contributed by atoms with van der Waals surface area (Å²) in [7, 11) is 1.64. The van der Waals surface area contributed by atoms with Crippen molar-refractivity contribution in [1.82, 2.24) is 5.32 Å². The van der Waals surface area contributed by atoms with Crippen LogP contribution in [0.2, 0.25) is 5.02 Å². The summed E-state index contributed by atoms with van der Waals surface area (Å²) in [5.41, 5.74) is 1.07. The Hall–Kier alpha value is -1.52. The molecule has 5 heteroatoms. The Morgan fingerprint density at radius 3 is 2.24 bits per heavy atom. The van der Waals surface area contributed by atoms with Gasteiger partial charge >= 0.3 is 6.18 Å². The minimum Gasteiger partial charge on any atom is -0.309 e. The normalized spacial score (nSPS) is 13.2. The van der Waals surface area contributed by atoms with Crippen LogP contribution in [0.1, 0.15) is 28.3 Å². The van der Waals surface area contributed by atoms with Gasteiger partial charge in [0.05, 0.1) is 11.6 Å². The number of alkyl halides is 3. The molecule has 0 radical (unpaired) electrons. The van der Waals surface area contributed by atoms with Gasteiger partial charge in [-0.25, -0.2) is 0 Å². The van der Waals surface area contributed by atoms with Crippen LogP contribution in [0.25, 0.3) is 0 Å². The molecule has 0 heterocycles. The first-order valence-corrected chi connectivity index (χ1v) is 6.82. The van der Waals surface area contributed by atoms with E-state index in [-0.39, 0.29) is 5.56 Å². The molecule has 2 aromatic carbocycles. The topological polar surface area (TPSA) is 12.0 Å². The summed E-state index contributed by atoms with van der Waals surface area (Å²) in [6.45, 7) is 1.80. The third kappa shape index (κ3) is 3.22. The van der Waals surface area contributed by atoms with Crippen LogP contribution in [0.3, 0.4) is 0 Å². The molecule has 1 N–H and O–H groups in total. The van der Waals surface area contributed by atoms with Gasteiger partial charge in [-0.15, -0.1) is 0 Å². The average molecular weight is 314 g/mol. The molecule has 0 saturated heterocycles. The lowest BCUT2D eigenvalue weighted by molar-refractivity contribution is -0.138. The van der Waals surface area contributed by atoms with Crippen molar-refractivity contribution >= 4 is 11.6 Å². The highest BCUT2D eigenvalue weighted by molar-refractivity contribution is 6.31. The second-order valence-corrected chi connectivity index (χ2v) is 5.17. The average Bonchev–Trinajstić information content (AvgIpc) is 2.44. The van der Waals surface area contributed by atoms with E-state index in [1.54, 1.807) is 38.2 Å². The molecule has 1 nitrogen and oxygen atoms in total. The molecule has 21 heavy (non-hydrogen) atoms. The Bertz CT molecular complexity index is 638. The van der Waals surface area contributed by atoms with Gasteiger partial charge in [0.15, 0.2) is 0 Å². The van der Waals surface area contributed by atoms with Crippen LogP contribution in [0.15, 0.2) is 42.5 Å². The molecule has 0 aliphatic heterocycles. The molecule has 1 unspecified atom stereocenters. The van der Waals surface area contributed by atoms with Gasteiger partial charge in [0.1, 0.15) is 0 Å². The van der Waals surface area contributed by atoms with Gasteiger partial charge < -0.3 is 5.32 Å². The molecule has 0 spiro atoms. The highest BCUT2D eigenvalue weighted by Gasteiger charge is 2.35. The van der Waals surface area contributed by atoms with E-state index in [1.807, 2.05) is 0 Å². The minimum absolute atomic E-state index is 0.192. The van der Waals surface area contributed by atoms with Crippen LogP contribution in [0, 0.1) is 6.92 Å². The molecule has 1 atom stereocenters. The van der Waals surface area contributed by atoms with E-state index in [1.165, 1.54) is 12.1 Å². The van der Waals surface area contributed by atoms with Crippen molar-refractivity contribution in [3.8, 4) is 0 Å². The van der Waals surface area contributed by atoms with E-state index in [0.29, 0.717) is 5.02 Å². The summed E-state index contributed by atoms with van der Waals surface area (Å²) in [6, 6.07) is 10.3. The molecule has 0 aliphatic rings. The zero-order valence-electron chi connectivity index (χ0n) is 11.6. The summed E-state index contributed by atoms with van der Waals surface area (Å²) < 4.78 is 39.6. The van der Waals surface area contributed by atoms with Crippen LogP contribution < -0.4 is 5.32 Å². The first kappa shape index (κ1) is 15.9. The van der Waals surface area contributed by atoms with Crippen molar-refractivity contribution in [2.45, 2.75) is 19.1 Å². The molecule has 2 aromatic rings. The lowest BCUT2D eigenvalue weighted by Crippen LogP contribution is -2.22. The third-order valence-electron chi connectivity index (χ3n) is 3.49. The van der Waals surface area contributed by atoms with Crippen LogP contribution >= 0.6 is 11.6 Å². The van der Waals surface area contributed by atoms with Gasteiger partial charge in [-0.1, -0.05) is 41.9 Å². The zero-order valence-corrected chi connectivity index (χ0v) is 12.4. The molecule has 0 aromatic heterocycles. The van der Waals surface area contributed by atoms with Crippen molar-refractivity contribution in [1.29, 1.82) is 0 Å². The summed E-state index contributed by atoms with van der Waals surface area (Å²) in [6.07, 6.45) is -4.39. The van der Waals surface area contributed by atoms with Gasteiger partial charge in [-0.2, -0.15) is 13.2 Å². The maximum absolute atomic E-state index is 13.2. The molecule has 0 bridgehead atoms. The summed E-state index contributed by atoms with van der Waals surface area (Å²) in [5.74, 6) is 0. The number of halogens is 4. The Balaban J connectivity index is 2.60. The minimum atomic E-state index is -4.39. The van der Waals surface area contributed by atoms with Crippen LogP contribution in [0.4, 0.5) is 13.2 Å². The Kier molecular flexibility index (Phi) is 4.59. The lowest BCUT2D eigenvalue weighted by atomic mass is 9.91. The largest absolute Gasteiger partial charge is 0.416 e. The van der Waals surface area contributed by atoms with E-state index in [4.69, 9.17) is 11.6 Å². The standard InChI is InChI=1S/C16H15ClF3N/c1-10-11(7-5-9-14(10)17)15(21-2)12-6-3-4-8-13(12)16(18,19)20/h3-9,15,21H,1-2H3. The third-order valence-corrected chi connectivity index (χ3v) is 3.90. The smallest absolute Gasteiger partial charge is 0.309 e. The summed E-state index contributed by atoms with van der Waals surface area (Å²) >= 11 is 6.08. The molecule has 112 valence electrons. The first-order chi connectivity index (χ1) is 9.86. The van der Waals surface area contributed by atoms with E-state index >= 15 is 0 Å². The maximum Gasteiger partial charge on any atom is 0.416 e. The van der Waals surface area contributed by atoms with Gasteiger partial charge in [-0.3, -0.25) is 0 Å². The second kappa shape index (κ2) is 6.08. The molecule has 0 fully saturated rings. The van der Waals surface area contributed by atoms with Crippen molar-refractivity contribution in [2.75, 3.05) is 7.05 Å². The maximum atomic E-state index is 13.2. The summed E-state index contributed by atoms with van der Waals surface area (Å²) in [4.78, 5) is 0. The number of benzene rings is 2. The fourth-order valence-electron chi connectivity index (χ4n) is 2.42. The quantitative estimate of drug-likeness (QED) is 0.843. The Morgan fingerprint density at radius 2 is 1.62 bits per heavy atom. The molecular formula is C16H15ClF3N. The van der Waals surface area contributed by atoms with Gasteiger partial charge in [0.2, 0.25) is 0 Å². The molecule has 0 saturated carbocycles. The predicted octanol–water partition coefficient (Wildman–Crippen LogP) is 4.98. The van der Waals surface area contributed by atoms with Crippen molar-refractivity contribution in [3.05, 3.63) is 69.7 Å². The van der Waals surface area contributed by atoms with Crippen molar-refractivity contribution in [2.24, 2.45) is 0 Å². The SMILES string of the molecule is CNC(c1ccccc1C(F)(F)F)c1cccc(Cl)c1C. The van der Waals surface area contributed by atoms with E-state index in [9.17, 15) is 13.2 Å². The molecule has 0 aliphatic carbocycles. The monoisotopic (exact) mass is 313 g/mol. The fourth-order valence-corrected chi connectivity index (χ4v) is 2.60. The first-order valence-electron chi connectivity index (χ1n) is 6.44. The fraction of sp³-hybridized carbons (Fsp3) is 0.250. The number of hydrogen-bond donors (Lipinski definition) is 1. The van der Waals surface area contributed by atoms with Crippen LogP contribution in [-0.4, -0.2) is 7.05 Å². The number of rotatable bonds is 3. The van der Waals surface area contributed by atoms with Crippen LogP contribution in [0.5, 0.6) is 0 Å². The van der Waals surface area contributed by atoms with E-state index in [2.05, 4.69) is 5.32 Å². The second-order valence-electron chi connectivity index (χ2n) is 4.76. The number of hydrogen-bond acceptors (Lipinski definition) is 1. The highest BCUT2D eigenvalue weighted by atomic mass is 35.5. The lowest BCUT2D eigenvalue weighted by Gasteiger charge is -2.23. The van der Waals surface area contributed by atoms with E-state index in [0.717, 1.165) is 17.2 Å². The zero-order chi connectivity index (χ0) is 15.6. The Morgan fingerprint density at radius 1 is 1.00 bits per heavy atom. The molecular weight excluding hydrogens is 299 g/mol. The highest BCUT2D eigenvalue weighted by Crippen LogP contribution is 2.37.